The number of rotatable bonds is 5. The van der Waals surface area contributed by atoms with Crippen LogP contribution in [0.2, 0.25) is 0 Å². The molecule has 0 radical (unpaired) electrons. The first-order valence-electron chi connectivity index (χ1n) is 7.37. The summed E-state index contributed by atoms with van der Waals surface area (Å²) in [5.74, 6) is 0.491. The summed E-state index contributed by atoms with van der Waals surface area (Å²) in [6.07, 6.45) is 3.21. The van der Waals surface area contributed by atoms with E-state index in [1.54, 1.807) is 42.5 Å². The average molecular weight is 344 g/mol. The summed E-state index contributed by atoms with van der Waals surface area (Å²) >= 11 is 0. The Morgan fingerprint density at radius 1 is 1.12 bits per heavy atom. The lowest BCUT2D eigenvalue weighted by atomic mass is 10.2. The van der Waals surface area contributed by atoms with Crippen molar-refractivity contribution in [3.63, 3.8) is 0 Å². The van der Waals surface area contributed by atoms with E-state index in [0.29, 0.717) is 22.3 Å². The largest absolute Gasteiger partial charge is 0.493 e. The van der Waals surface area contributed by atoms with Crippen molar-refractivity contribution in [3.8, 4) is 11.5 Å². The molecule has 0 spiro atoms. The molecule has 0 saturated heterocycles. The number of aromatic nitrogens is 2. The minimum atomic E-state index is -2.95. The molecule has 0 saturated carbocycles. The van der Waals surface area contributed by atoms with Crippen molar-refractivity contribution in [2.75, 3.05) is 7.11 Å². The normalized spacial score (nSPS) is 11.4. The van der Waals surface area contributed by atoms with Gasteiger partial charge in [-0.1, -0.05) is 24.3 Å². The van der Waals surface area contributed by atoms with E-state index < -0.39 is 6.61 Å². The number of nitrogens with zero attached hydrogens (tertiary/aromatic N) is 1. The summed E-state index contributed by atoms with van der Waals surface area (Å²) in [4.78, 5) is 19.0. The standard InChI is InChI=1S/C18H14F2N2O3/c1-24-14-8-6-11(10-15(14)25-18(19)20)7-9-16-21-13-5-3-2-4-12(13)17(23)22-16/h2-10,18H,1H3,(H,21,22,23)/b9-7+. The van der Waals surface area contributed by atoms with Crippen LogP contribution in [-0.4, -0.2) is 23.7 Å². The monoisotopic (exact) mass is 344 g/mol. The van der Waals surface area contributed by atoms with Gasteiger partial charge in [-0.2, -0.15) is 8.78 Å². The van der Waals surface area contributed by atoms with Gasteiger partial charge in [0.2, 0.25) is 0 Å². The number of fused-ring (bicyclic) bond motifs is 1. The first-order valence-corrected chi connectivity index (χ1v) is 7.37. The van der Waals surface area contributed by atoms with Gasteiger partial charge in [-0.25, -0.2) is 4.98 Å². The van der Waals surface area contributed by atoms with E-state index in [-0.39, 0.29) is 17.1 Å². The Balaban J connectivity index is 1.93. The van der Waals surface area contributed by atoms with E-state index in [9.17, 15) is 13.6 Å². The molecule has 25 heavy (non-hydrogen) atoms. The molecule has 0 amide bonds. The number of methoxy groups -OCH3 is 1. The summed E-state index contributed by atoms with van der Waals surface area (Å²) in [5, 5.41) is 0.497. The molecule has 0 unspecified atom stereocenters. The molecule has 128 valence electrons. The van der Waals surface area contributed by atoms with E-state index in [4.69, 9.17) is 4.74 Å². The summed E-state index contributed by atoms with van der Waals surface area (Å²) < 4.78 is 34.4. The topological polar surface area (TPSA) is 64.2 Å². The maximum atomic E-state index is 12.5. The summed E-state index contributed by atoms with van der Waals surface area (Å²) in [6.45, 7) is -2.95. The summed E-state index contributed by atoms with van der Waals surface area (Å²) in [7, 11) is 1.37. The average Bonchev–Trinajstić information content (AvgIpc) is 2.60. The number of H-pyrrole nitrogens is 1. The van der Waals surface area contributed by atoms with Gasteiger partial charge >= 0.3 is 6.61 Å². The molecule has 1 heterocycles. The zero-order chi connectivity index (χ0) is 17.8. The van der Waals surface area contributed by atoms with Gasteiger partial charge in [-0.15, -0.1) is 0 Å². The molecule has 3 aromatic rings. The van der Waals surface area contributed by atoms with Crippen LogP contribution in [0.3, 0.4) is 0 Å². The third-order valence-electron chi connectivity index (χ3n) is 3.47. The molecular weight excluding hydrogens is 330 g/mol. The van der Waals surface area contributed by atoms with Crippen LogP contribution in [0.1, 0.15) is 11.4 Å². The molecule has 1 N–H and O–H groups in total. The molecule has 3 rings (SSSR count). The number of hydrogen-bond acceptors (Lipinski definition) is 4. The van der Waals surface area contributed by atoms with E-state index in [1.165, 1.54) is 19.2 Å². The molecule has 7 heteroatoms. The van der Waals surface area contributed by atoms with Crippen molar-refractivity contribution in [2.24, 2.45) is 0 Å². The molecule has 0 aliphatic rings. The second-order valence-electron chi connectivity index (χ2n) is 5.09. The number of para-hydroxylation sites is 1. The molecule has 0 aliphatic carbocycles. The van der Waals surface area contributed by atoms with Crippen molar-refractivity contribution in [2.45, 2.75) is 6.61 Å². The SMILES string of the molecule is COc1ccc(/C=C/c2nc3ccccc3c(=O)[nH]2)cc1OC(F)F. The Kier molecular flexibility index (Phi) is 4.74. The number of aromatic amines is 1. The van der Waals surface area contributed by atoms with Gasteiger partial charge in [0, 0.05) is 0 Å². The predicted molar refractivity (Wildman–Crippen MR) is 90.9 cm³/mol. The number of ether oxygens (including phenoxy) is 2. The van der Waals surface area contributed by atoms with Gasteiger partial charge < -0.3 is 14.5 Å². The van der Waals surface area contributed by atoms with Gasteiger partial charge in [0.1, 0.15) is 5.82 Å². The van der Waals surface area contributed by atoms with Crippen molar-refractivity contribution in [1.29, 1.82) is 0 Å². The van der Waals surface area contributed by atoms with Crippen molar-refractivity contribution in [1.82, 2.24) is 9.97 Å². The molecule has 0 fully saturated rings. The maximum Gasteiger partial charge on any atom is 0.387 e. The second kappa shape index (κ2) is 7.12. The smallest absolute Gasteiger partial charge is 0.387 e. The molecule has 2 aromatic carbocycles. The summed E-state index contributed by atoms with van der Waals surface area (Å²) in [5.41, 5.74) is 0.913. The minimum absolute atomic E-state index is 0.0698. The van der Waals surface area contributed by atoms with E-state index >= 15 is 0 Å². The van der Waals surface area contributed by atoms with E-state index in [0.717, 1.165) is 0 Å². The molecule has 5 nitrogen and oxygen atoms in total. The fourth-order valence-electron chi connectivity index (χ4n) is 2.34. The highest BCUT2D eigenvalue weighted by atomic mass is 19.3. The van der Waals surface area contributed by atoms with E-state index in [1.807, 2.05) is 0 Å². The highest BCUT2D eigenvalue weighted by Gasteiger charge is 2.10. The fraction of sp³-hybridized carbons (Fsp3) is 0.111. The number of benzene rings is 2. The van der Waals surface area contributed by atoms with Crippen LogP contribution in [0.4, 0.5) is 8.78 Å². The van der Waals surface area contributed by atoms with Crippen LogP contribution in [0.5, 0.6) is 11.5 Å². The number of alkyl halides is 2. The third-order valence-corrected chi connectivity index (χ3v) is 3.47. The molecule has 0 atom stereocenters. The van der Waals surface area contributed by atoms with E-state index in [2.05, 4.69) is 14.7 Å². The Bertz CT molecular complexity index is 983. The lowest BCUT2D eigenvalue weighted by Crippen LogP contribution is -2.09. The molecular formula is C18H14F2N2O3. The van der Waals surface area contributed by atoms with Gasteiger partial charge in [0.05, 0.1) is 18.0 Å². The Morgan fingerprint density at radius 3 is 2.68 bits per heavy atom. The molecule has 0 bridgehead atoms. The van der Waals surface area contributed by atoms with Gasteiger partial charge in [-0.3, -0.25) is 4.79 Å². The third kappa shape index (κ3) is 3.82. The highest BCUT2D eigenvalue weighted by Crippen LogP contribution is 2.30. The van der Waals surface area contributed by atoms with Crippen molar-refractivity contribution in [3.05, 3.63) is 64.2 Å². The van der Waals surface area contributed by atoms with Gasteiger partial charge in [0.15, 0.2) is 11.5 Å². The fourth-order valence-corrected chi connectivity index (χ4v) is 2.34. The number of hydrogen-bond donors (Lipinski definition) is 1. The van der Waals surface area contributed by atoms with Crippen LogP contribution in [0.25, 0.3) is 23.1 Å². The maximum absolute atomic E-state index is 12.5. The second-order valence-corrected chi connectivity index (χ2v) is 5.09. The Labute approximate surface area is 141 Å². The first-order chi connectivity index (χ1) is 12.1. The Hall–Kier alpha value is -3.22. The number of halogens is 2. The van der Waals surface area contributed by atoms with Crippen molar-refractivity contribution < 1.29 is 18.3 Å². The molecule has 1 aromatic heterocycles. The van der Waals surface area contributed by atoms with Crippen molar-refractivity contribution >= 4 is 23.1 Å². The molecule has 0 aliphatic heterocycles. The van der Waals surface area contributed by atoms with Crippen LogP contribution < -0.4 is 15.0 Å². The lowest BCUT2D eigenvalue weighted by Gasteiger charge is -2.10. The highest BCUT2D eigenvalue weighted by molar-refractivity contribution is 5.79. The summed E-state index contributed by atoms with van der Waals surface area (Å²) in [6, 6.07) is 11.6. The Morgan fingerprint density at radius 2 is 1.92 bits per heavy atom. The van der Waals surface area contributed by atoms with Crippen LogP contribution in [0, 0.1) is 0 Å². The first kappa shape index (κ1) is 16.6. The van der Waals surface area contributed by atoms with Gasteiger partial charge in [0.25, 0.3) is 5.56 Å². The van der Waals surface area contributed by atoms with Crippen LogP contribution in [0.15, 0.2) is 47.3 Å². The minimum Gasteiger partial charge on any atom is -0.493 e. The predicted octanol–water partition coefficient (Wildman–Crippen LogP) is 3.70. The number of nitrogens with one attached hydrogen (secondary N) is 1. The van der Waals surface area contributed by atoms with Gasteiger partial charge in [-0.05, 0) is 35.9 Å². The zero-order valence-electron chi connectivity index (χ0n) is 13.2. The van der Waals surface area contributed by atoms with Crippen LogP contribution in [-0.2, 0) is 0 Å². The quantitative estimate of drug-likeness (QED) is 0.766. The van der Waals surface area contributed by atoms with Crippen LogP contribution >= 0.6 is 0 Å². The zero-order valence-corrected chi connectivity index (χ0v) is 13.2. The lowest BCUT2D eigenvalue weighted by molar-refractivity contribution is -0.0512.